The summed E-state index contributed by atoms with van der Waals surface area (Å²) < 4.78 is 49.1. The molecule has 136 valence electrons. The molecule has 0 spiro atoms. The molecule has 0 saturated carbocycles. The van der Waals surface area contributed by atoms with Crippen molar-refractivity contribution >= 4 is 17.0 Å². The predicted molar refractivity (Wildman–Crippen MR) is 90.9 cm³/mol. The van der Waals surface area contributed by atoms with E-state index in [1.807, 2.05) is 0 Å². The zero-order chi connectivity index (χ0) is 18.8. The number of hydrogen-bond donors (Lipinski definition) is 1. The summed E-state index contributed by atoms with van der Waals surface area (Å²) in [5.74, 6) is -1.85. The van der Waals surface area contributed by atoms with E-state index < -0.39 is 38.7 Å². The van der Waals surface area contributed by atoms with Crippen molar-refractivity contribution in [3.63, 3.8) is 0 Å². The summed E-state index contributed by atoms with van der Waals surface area (Å²) in [5, 5.41) is 0. The second kappa shape index (κ2) is 7.27. The van der Waals surface area contributed by atoms with Gasteiger partial charge in [0.2, 0.25) is 5.67 Å². The predicted octanol–water partition coefficient (Wildman–Crippen LogP) is 3.38. The lowest BCUT2D eigenvalue weighted by Crippen LogP contribution is -2.61. The third-order valence-corrected chi connectivity index (χ3v) is 5.57. The van der Waals surface area contributed by atoms with Crippen LogP contribution in [0.4, 0.5) is 8.78 Å². The van der Waals surface area contributed by atoms with E-state index in [1.165, 1.54) is 25.1 Å². The highest BCUT2D eigenvalue weighted by Crippen LogP contribution is 2.39. The van der Waals surface area contributed by atoms with E-state index in [4.69, 9.17) is 4.74 Å². The van der Waals surface area contributed by atoms with Gasteiger partial charge in [-0.1, -0.05) is 18.2 Å². The van der Waals surface area contributed by atoms with E-state index in [-0.39, 0.29) is 12.2 Å². The van der Waals surface area contributed by atoms with E-state index in [0.717, 1.165) is 13.0 Å². The molecule has 24 heavy (non-hydrogen) atoms. The first-order valence-electron chi connectivity index (χ1n) is 7.68. The Morgan fingerprint density at radius 1 is 1.21 bits per heavy atom. The van der Waals surface area contributed by atoms with Crippen LogP contribution in [0, 0.1) is 5.82 Å². The number of nitrogens with one attached hydrogen (secondary N) is 1. The lowest BCUT2D eigenvalue weighted by atomic mass is 9.78. The van der Waals surface area contributed by atoms with E-state index in [2.05, 4.69) is 4.72 Å². The Bertz CT molecular complexity index is 629. The SMILES string of the molecule is CCOC(=O)[C@@](C)(F)[C@](C)(N[S@](=O)C(C)(C)C)c1ccccc1F. The monoisotopic (exact) mass is 361 g/mol. The zero-order valence-electron chi connectivity index (χ0n) is 14.9. The molecule has 7 heteroatoms. The molecule has 1 aromatic rings. The largest absolute Gasteiger partial charge is 0.464 e. The van der Waals surface area contributed by atoms with E-state index in [1.54, 1.807) is 27.7 Å². The van der Waals surface area contributed by atoms with Crippen LogP contribution in [0.2, 0.25) is 0 Å². The van der Waals surface area contributed by atoms with Crippen LogP contribution in [0.1, 0.15) is 47.1 Å². The Morgan fingerprint density at radius 2 is 1.75 bits per heavy atom. The highest BCUT2D eigenvalue weighted by atomic mass is 32.2. The summed E-state index contributed by atoms with van der Waals surface area (Å²) in [6, 6.07) is 5.51. The van der Waals surface area contributed by atoms with Crippen molar-refractivity contribution in [1.29, 1.82) is 0 Å². The molecule has 0 heterocycles. The molecule has 0 bridgehead atoms. The standard InChI is InChI=1S/C17H25F2NO3S/c1-7-23-14(21)16(5,19)17(6,20-24(22)15(2,3)4)12-10-8-9-11-13(12)18/h8-11,20H,7H2,1-6H3/t16-,17-,24-/m1/s1. The third-order valence-electron chi connectivity index (χ3n) is 3.86. The van der Waals surface area contributed by atoms with Gasteiger partial charge in [0, 0.05) is 5.56 Å². The number of rotatable bonds is 6. The summed E-state index contributed by atoms with van der Waals surface area (Å²) in [4.78, 5) is 12.2. The fourth-order valence-corrected chi connectivity index (χ4v) is 3.06. The van der Waals surface area contributed by atoms with Crippen LogP contribution in [0.25, 0.3) is 0 Å². The molecule has 0 amide bonds. The highest BCUT2D eigenvalue weighted by molar-refractivity contribution is 7.84. The number of esters is 1. The molecule has 0 fully saturated rings. The van der Waals surface area contributed by atoms with Crippen molar-refractivity contribution in [1.82, 2.24) is 4.72 Å². The number of alkyl halides is 1. The summed E-state index contributed by atoms with van der Waals surface area (Å²) in [6.45, 7) is 8.92. The number of ether oxygens (including phenoxy) is 1. The molecular formula is C17H25F2NO3S. The van der Waals surface area contributed by atoms with Crippen LogP contribution in [0.15, 0.2) is 24.3 Å². The Morgan fingerprint density at radius 3 is 2.21 bits per heavy atom. The van der Waals surface area contributed by atoms with Gasteiger partial charge >= 0.3 is 5.97 Å². The van der Waals surface area contributed by atoms with Gasteiger partial charge in [-0.3, -0.25) is 0 Å². The molecule has 1 rings (SSSR count). The van der Waals surface area contributed by atoms with E-state index >= 15 is 4.39 Å². The minimum Gasteiger partial charge on any atom is -0.464 e. The number of hydrogen-bond acceptors (Lipinski definition) is 3. The van der Waals surface area contributed by atoms with Crippen LogP contribution in [0.5, 0.6) is 0 Å². The normalized spacial score (nSPS) is 18.3. The molecule has 0 aromatic heterocycles. The number of halogens is 2. The minimum absolute atomic E-state index is 0.0198. The zero-order valence-corrected chi connectivity index (χ0v) is 15.7. The first kappa shape index (κ1) is 20.7. The highest BCUT2D eigenvalue weighted by Gasteiger charge is 2.56. The summed E-state index contributed by atoms with van der Waals surface area (Å²) in [5.41, 5.74) is -4.63. The average Bonchev–Trinajstić information content (AvgIpc) is 2.46. The average molecular weight is 361 g/mol. The number of carbonyl (C=O) groups excluding carboxylic acids is 1. The fourth-order valence-electron chi connectivity index (χ4n) is 2.08. The second-order valence-electron chi connectivity index (χ2n) is 6.81. The van der Waals surface area contributed by atoms with Crippen LogP contribution in [0.3, 0.4) is 0 Å². The van der Waals surface area contributed by atoms with Gasteiger partial charge in [0.1, 0.15) is 11.4 Å². The van der Waals surface area contributed by atoms with Crippen molar-refractivity contribution in [2.45, 2.75) is 57.5 Å². The smallest absolute Gasteiger partial charge is 0.345 e. The Kier molecular flexibility index (Phi) is 6.27. The van der Waals surface area contributed by atoms with Crippen molar-refractivity contribution in [2.75, 3.05) is 6.61 Å². The van der Waals surface area contributed by atoms with Crippen LogP contribution in [-0.2, 0) is 26.1 Å². The van der Waals surface area contributed by atoms with Gasteiger partial charge in [-0.05, 0) is 47.6 Å². The quantitative estimate of drug-likeness (QED) is 0.790. The Hall–Kier alpha value is -1.34. The number of carbonyl (C=O) groups is 1. The summed E-state index contributed by atoms with van der Waals surface area (Å²) >= 11 is 0. The van der Waals surface area contributed by atoms with Gasteiger partial charge in [-0.2, -0.15) is 0 Å². The van der Waals surface area contributed by atoms with Crippen molar-refractivity contribution in [3.8, 4) is 0 Å². The van der Waals surface area contributed by atoms with Gasteiger partial charge in [0.05, 0.1) is 22.3 Å². The van der Waals surface area contributed by atoms with Gasteiger partial charge < -0.3 is 4.74 Å². The molecule has 0 saturated heterocycles. The molecule has 0 unspecified atom stereocenters. The van der Waals surface area contributed by atoms with E-state index in [0.29, 0.717) is 0 Å². The van der Waals surface area contributed by atoms with Crippen LogP contribution in [-0.4, -0.2) is 27.2 Å². The lowest BCUT2D eigenvalue weighted by Gasteiger charge is -2.41. The summed E-state index contributed by atoms with van der Waals surface area (Å²) in [6.07, 6.45) is 0. The van der Waals surface area contributed by atoms with Crippen molar-refractivity contribution in [2.24, 2.45) is 0 Å². The second-order valence-corrected chi connectivity index (χ2v) is 8.78. The van der Waals surface area contributed by atoms with Gasteiger partial charge in [-0.15, -0.1) is 0 Å². The van der Waals surface area contributed by atoms with Crippen LogP contribution < -0.4 is 4.72 Å². The maximum atomic E-state index is 15.5. The van der Waals surface area contributed by atoms with E-state index in [9.17, 15) is 13.4 Å². The maximum absolute atomic E-state index is 15.5. The minimum atomic E-state index is -2.65. The van der Waals surface area contributed by atoms with Crippen molar-refractivity contribution < 1.29 is 22.5 Å². The fraction of sp³-hybridized carbons (Fsp3) is 0.588. The maximum Gasteiger partial charge on any atom is 0.345 e. The Labute approximate surface area is 144 Å². The van der Waals surface area contributed by atoms with Gasteiger partial charge in [-0.25, -0.2) is 22.5 Å². The summed E-state index contributed by atoms with van der Waals surface area (Å²) in [7, 11) is -1.75. The molecule has 0 aliphatic heterocycles. The van der Waals surface area contributed by atoms with Crippen LogP contribution >= 0.6 is 0 Å². The van der Waals surface area contributed by atoms with Gasteiger partial charge in [0.25, 0.3) is 0 Å². The first-order valence-corrected chi connectivity index (χ1v) is 8.83. The molecule has 3 atom stereocenters. The molecule has 1 aromatic carbocycles. The molecule has 0 radical (unpaired) electrons. The lowest BCUT2D eigenvalue weighted by molar-refractivity contribution is -0.161. The molecule has 4 nitrogen and oxygen atoms in total. The van der Waals surface area contributed by atoms with Gasteiger partial charge in [0.15, 0.2) is 0 Å². The first-order chi connectivity index (χ1) is 10.9. The molecule has 0 aliphatic carbocycles. The Balaban J connectivity index is 3.50. The number of benzene rings is 1. The molecule has 1 N–H and O–H groups in total. The van der Waals surface area contributed by atoms with Crippen molar-refractivity contribution in [3.05, 3.63) is 35.6 Å². The third kappa shape index (κ3) is 4.00. The molecule has 0 aliphatic rings. The topological polar surface area (TPSA) is 55.4 Å². The molecular weight excluding hydrogens is 336 g/mol.